The average Bonchev–Trinajstić information content (AvgIpc) is 2.70. The normalized spacial score (nSPS) is 18.9. The number of hydrogen-bond donors (Lipinski definition) is 3. The van der Waals surface area contributed by atoms with Crippen LogP contribution in [0.4, 0.5) is 10.1 Å². The standard InChI is InChI=1S/C21H24FN3O3/c1-14-17(10-6-12-23-14)25-21(27)15-7-2-5-11-19(15)28-13-20(26)24-18-9-4-3-8-16(18)22/h2-5,7-9,11,14,17,23H,6,10,12-13H2,1H3,(H,24,26)(H,25,27). The lowest BCUT2D eigenvalue weighted by molar-refractivity contribution is -0.118. The molecule has 1 fully saturated rings. The number of ether oxygens (including phenoxy) is 1. The maximum atomic E-state index is 13.6. The fourth-order valence-corrected chi connectivity index (χ4v) is 3.16. The van der Waals surface area contributed by atoms with Crippen molar-refractivity contribution in [3.63, 3.8) is 0 Å². The Kier molecular flexibility index (Phi) is 6.60. The van der Waals surface area contributed by atoms with Crippen molar-refractivity contribution >= 4 is 17.5 Å². The molecule has 1 heterocycles. The lowest BCUT2D eigenvalue weighted by Gasteiger charge is -2.30. The summed E-state index contributed by atoms with van der Waals surface area (Å²) < 4.78 is 19.2. The minimum Gasteiger partial charge on any atom is -0.483 e. The number of carbonyl (C=O) groups is 2. The van der Waals surface area contributed by atoms with E-state index in [0.717, 1.165) is 19.4 Å². The molecule has 2 atom stereocenters. The molecule has 0 aliphatic carbocycles. The second-order valence-corrected chi connectivity index (χ2v) is 6.78. The molecule has 1 saturated heterocycles. The van der Waals surface area contributed by atoms with Gasteiger partial charge in [-0.2, -0.15) is 0 Å². The summed E-state index contributed by atoms with van der Waals surface area (Å²) in [5.41, 5.74) is 0.444. The Labute approximate surface area is 163 Å². The minimum atomic E-state index is -0.522. The number of rotatable bonds is 6. The number of anilines is 1. The van der Waals surface area contributed by atoms with Gasteiger partial charge in [-0.15, -0.1) is 0 Å². The van der Waals surface area contributed by atoms with Crippen molar-refractivity contribution < 1.29 is 18.7 Å². The molecule has 0 bridgehead atoms. The number of para-hydroxylation sites is 2. The molecule has 1 aliphatic rings. The molecular weight excluding hydrogens is 361 g/mol. The van der Waals surface area contributed by atoms with E-state index < -0.39 is 11.7 Å². The zero-order valence-electron chi connectivity index (χ0n) is 15.7. The Balaban J connectivity index is 1.61. The highest BCUT2D eigenvalue weighted by molar-refractivity contribution is 5.97. The van der Waals surface area contributed by atoms with E-state index in [0.29, 0.717) is 11.3 Å². The number of piperidine rings is 1. The Bertz CT molecular complexity index is 843. The van der Waals surface area contributed by atoms with Gasteiger partial charge in [-0.25, -0.2) is 4.39 Å². The van der Waals surface area contributed by atoms with Gasteiger partial charge in [0.1, 0.15) is 11.6 Å². The number of benzene rings is 2. The molecular formula is C21H24FN3O3. The first-order chi connectivity index (χ1) is 13.5. The van der Waals surface area contributed by atoms with E-state index in [-0.39, 0.29) is 30.3 Å². The van der Waals surface area contributed by atoms with Gasteiger partial charge in [-0.3, -0.25) is 9.59 Å². The van der Waals surface area contributed by atoms with Crippen molar-refractivity contribution in [2.75, 3.05) is 18.5 Å². The Morgan fingerprint density at radius 1 is 1.18 bits per heavy atom. The van der Waals surface area contributed by atoms with E-state index >= 15 is 0 Å². The molecule has 2 aromatic rings. The largest absolute Gasteiger partial charge is 0.483 e. The summed E-state index contributed by atoms with van der Waals surface area (Å²) in [5.74, 6) is -0.970. The third kappa shape index (κ3) is 5.07. The van der Waals surface area contributed by atoms with Gasteiger partial charge in [0, 0.05) is 12.1 Å². The number of carbonyl (C=O) groups excluding carboxylic acids is 2. The second-order valence-electron chi connectivity index (χ2n) is 6.78. The van der Waals surface area contributed by atoms with Crippen LogP contribution in [-0.4, -0.2) is 37.0 Å². The molecule has 0 radical (unpaired) electrons. The monoisotopic (exact) mass is 385 g/mol. The highest BCUT2D eigenvalue weighted by Crippen LogP contribution is 2.19. The van der Waals surface area contributed by atoms with Crippen molar-refractivity contribution in [3.05, 3.63) is 59.9 Å². The van der Waals surface area contributed by atoms with E-state index in [9.17, 15) is 14.0 Å². The average molecular weight is 385 g/mol. The van der Waals surface area contributed by atoms with Gasteiger partial charge >= 0.3 is 0 Å². The lowest BCUT2D eigenvalue weighted by Crippen LogP contribution is -2.51. The summed E-state index contributed by atoms with van der Waals surface area (Å²) in [5, 5.41) is 8.82. The SMILES string of the molecule is CC1NCCCC1NC(=O)c1ccccc1OCC(=O)Nc1ccccc1F. The molecule has 148 valence electrons. The molecule has 1 aliphatic heterocycles. The quantitative estimate of drug-likeness (QED) is 0.714. The zero-order chi connectivity index (χ0) is 19.9. The topological polar surface area (TPSA) is 79.5 Å². The third-order valence-electron chi connectivity index (χ3n) is 4.72. The van der Waals surface area contributed by atoms with E-state index in [1.54, 1.807) is 36.4 Å². The molecule has 0 saturated carbocycles. The van der Waals surface area contributed by atoms with Crippen LogP contribution < -0.4 is 20.7 Å². The summed E-state index contributed by atoms with van der Waals surface area (Å²) in [4.78, 5) is 24.8. The Hall–Kier alpha value is -2.93. The summed E-state index contributed by atoms with van der Waals surface area (Å²) in [6.07, 6.45) is 1.91. The third-order valence-corrected chi connectivity index (χ3v) is 4.72. The predicted octanol–water partition coefficient (Wildman–Crippen LogP) is 2.71. The first-order valence-electron chi connectivity index (χ1n) is 9.35. The molecule has 2 amide bonds. The Morgan fingerprint density at radius 2 is 1.93 bits per heavy atom. The summed E-state index contributed by atoms with van der Waals surface area (Å²) >= 11 is 0. The van der Waals surface area contributed by atoms with E-state index in [1.807, 2.05) is 6.92 Å². The maximum Gasteiger partial charge on any atom is 0.262 e. The number of hydrogen-bond acceptors (Lipinski definition) is 4. The van der Waals surface area contributed by atoms with Gasteiger partial charge in [0.2, 0.25) is 0 Å². The van der Waals surface area contributed by atoms with Crippen molar-refractivity contribution in [1.29, 1.82) is 0 Å². The fraction of sp³-hybridized carbons (Fsp3) is 0.333. The summed E-state index contributed by atoms with van der Waals surface area (Å²) in [7, 11) is 0. The molecule has 3 N–H and O–H groups in total. The molecule has 2 aromatic carbocycles. The van der Waals surface area contributed by atoms with Gasteiger partial charge in [-0.1, -0.05) is 24.3 Å². The highest BCUT2D eigenvalue weighted by atomic mass is 19.1. The van der Waals surface area contributed by atoms with Crippen molar-refractivity contribution in [2.24, 2.45) is 0 Å². The Morgan fingerprint density at radius 3 is 2.71 bits per heavy atom. The smallest absolute Gasteiger partial charge is 0.262 e. The van der Waals surface area contributed by atoms with Gasteiger partial charge in [0.05, 0.1) is 11.3 Å². The molecule has 6 nitrogen and oxygen atoms in total. The van der Waals surface area contributed by atoms with Crippen molar-refractivity contribution in [3.8, 4) is 5.75 Å². The molecule has 7 heteroatoms. The highest BCUT2D eigenvalue weighted by Gasteiger charge is 2.24. The number of halogens is 1. The fourth-order valence-electron chi connectivity index (χ4n) is 3.16. The van der Waals surface area contributed by atoms with Crippen LogP contribution in [-0.2, 0) is 4.79 Å². The predicted molar refractivity (Wildman–Crippen MR) is 105 cm³/mol. The molecule has 28 heavy (non-hydrogen) atoms. The maximum absolute atomic E-state index is 13.6. The van der Waals surface area contributed by atoms with Crippen LogP contribution in [0.25, 0.3) is 0 Å². The molecule has 0 spiro atoms. The zero-order valence-corrected chi connectivity index (χ0v) is 15.7. The van der Waals surface area contributed by atoms with Crippen LogP contribution in [0, 0.1) is 5.82 Å². The number of nitrogens with one attached hydrogen (secondary N) is 3. The molecule has 2 unspecified atom stereocenters. The molecule has 3 rings (SSSR count). The van der Waals surface area contributed by atoms with Gasteiger partial charge in [0.25, 0.3) is 11.8 Å². The van der Waals surface area contributed by atoms with Crippen LogP contribution in [0.2, 0.25) is 0 Å². The van der Waals surface area contributed by atoms with E-state index in [4.69, 9.17) is 4.74 Å². The van der Waals surface area contributed by atoms with Crippen LogP contribution in [0.3, 0.4) is 0 Å². The van der Waals surface area contributed by atoms with E-state index in [2.05, 4.69) is 16.0 Å². The van der Waals surface area contributed by atoms with Crippen LogP contribution in [0.5, 0.6) is 5.75 Å². The first kappa shape index (κ1) is 19.8. The minimum absolute atomic E-state index is 0.0404. The number of amides is 2. The van der Waals surface area contributed by atoms with Crippen molar-refractivity contribution in [2.45, 2.75) is 31.8 Å². The summed E-state index contributed by atoms with van der Waals surface area (Å²) in [6.45, 7) is 2.66. The molecule has 0 aromatic heterocycles. The van der Waals surface area contributed by atoms with Crippen LogP contribution in [0.15, 0.2) is 48.5 Å². The van der Waals surface area contributed by atoms with Gasteiger partial charge in [-0.05, 0) is 50.6 Å². The lowest BCUT2D eigenvalue weighted by atomic mass is 9.99. The van der Waals surface area contributed by atoms with Crippen LogP contribution >= 0.6 is 0 Å². The van der Waals surface area contributed by atoms with E-state index in [1.165, 1.54) is 12.1 Å². The second kappa shape index (κ2) is 9.32. The van der Waals surface area contributed by atoms with Crippen LogP contribution in [0.1, 0.15) is 30.1 Å². The first-order valence-corrected chi connectivity index (χ1v) is 9.35. The van der Waals surface area contributed by atoms with Crippen molar-refractivity contribution in [1.82, 2.24) is 10.6 Å². The van der Waals surface area contributed by atoms with Gasteiger partial charge in [0.15, 0.2) is 6.61 Å². The summed E-state index contributed by atoms with van der Waals surface area (Å²) in [6, 6.07) is 12.9. The van der Waals surface area contributed by atoms with Gasteiger partial charge < -0.3 is 20.7 Å².